The predicted molar refractivity (Wildman–Crippen MR) is 88.4 cm³/mol. The van der Waals surface area contributed by atoms with Gasteiger partial charge in [-0.1, -0.05) is 17.2 Å². The van der Waals surface area contributed by atoms with Crippen molar-refractivity contribution in [2.24, 2.45) is 7.05 Å². The van der Waals surface area contributed by atoms with Crippen LogP contribution in [0.4, 0.5) is 0 Å². The topological polar surface area (TPSA) is 114 Å². The first kappa shape index (κ1) is 15.8. The number of imide groups is 1. The molecule has 130 valence electrons. The van der Waals surface area contributed by atoms with Gasteiger partial charge in [0.15, 0.2) is 5.65 Å². The van der Waals surface area contributed by atoms with Crippen LogP contribution < -0.4 is 5.56 Å². The summed E-state index contributed by atoms with van der Waals surface area (Å²) in [4.78, 5) is 58.6. The van der Waals surface area contributed by atoms with Crippen molar-refractivity contribution in [3.8, 4) is 0 Å². The molecule has 26 heavy (non-hydrogen) atoms. The molecule has 0 fully saturated rings. The number of nitrogens with one attached hydrogen (secondary N) is 1. The highest BCUT2D eigenvalue weighted by molar-refractivity contribution is 6.21. The number of nitrogens with zero attached hydrogens (tertiary/aromatic N) is 3. The van der Waals surface area contributed by atoms with Gasteiger partial charge in [-0.05, 0) is 25.1 Å². The molecule has 0 spiro atoms. The molecule has 0 saturated carbocycles. The van der Waals surface area contributed by atoms with Crippen molar-refractivity contribution in [2.75, 3.05) is 0 Å². The van der Waals surface area contributed by atoms with Crippen molar-refractivity contribution in [1.29, 1.82) is 0 Å². The number of rotatable bonds is 2. The zero-order chi connectivity index (χ0) is 18.6. The van der Waals surface area contributed by atoms with Gasteiger partial charge in [0.25, 0.3) is 17.4 Å². The van der Waals surface area contributed by atoms with Crippen LogP contribution in [0.1, 0.15) is 36.8 Å². The lowest BCUT2D eigenvalue weighted by Gasteiger charge is -2.13. The minimum Gasteiger partial charge on any atom is -0.324 e. The molecule has 9 nitrogen and oxygen atoms in total. The second-order valence-corrected chi connectivity index (χ2v) is 5.84. The first-order valence-corrected chi connectivity index (χ1v) is 7.65. The number of aryl methyl sites for hydroxylation is 2. The third-order valence-electron chi connectivity index (χ3n) is 4.09. The van der Waals surface area contributed by atoms with Gasteiger partial charge >= 0.3 is 5.97 Å². The Bertz CT molecular complexity index is 1140. The highest BCUT2D eigenvalue weighted by Crippen LogP contribution is 2.24. The average molecular weight is 352 g/mol. The molecule has 1 aliphatic rings. The first-order chi connectivity index (χ1) is 12.4. The van der Waals surface area contributed by atoms with Crippen molar-refractivity contribution < 1.29 is 19.2 Å². The molecule has 1 aromatic carbocycles. The lowest BCUT2D eigenvalue weighted by molar-refractivity contribution is -0.0583. The molecular formula is C17H12N4O5. The number of amides is 2. The Balaban J connectivity index is 1.75. The molecule has 0 atom stereocenters. The molecular weight excluding hydrogens is 340 g/mol. The van der Waals surface area contributed by atoms with Crippen molar-refractivity contribution in [2.45, 2.75) is 6.92 Å². The van der Waals surface area contributed by atoms with Gasteiger partial charge in [-0.3, -0.25) is 24.2 Å². The van der Waals surface area contributed by atoms with Crippen molar-refractivity contribution in [3.63, 3.8) is 0 Å². The van der Waals surface area contributed by atoms with Crippen molar-refractivity contribution >= 4 is 28.8 Å². The molecule has 0 unspecified atom stereocenters. The molecule has 2 aromatic heterocycles. The fourth-order valence-corrected chi connectivity index (χ4v) is 2.93. The number of fused-ring (bicyclic) bond motifs is 2. The zero-order valence-electron chi connectivity index (χ0n) is 13.8. The number of hydrogen-bond acceptors (Lipinski definition) is 6. The number of aromatic nitrogens is 3. The lowest BCUT2D eigenvalue weighted by atomic mass is 10.1. The van der Waals surface area contributed by atoms with E-state index in [-0.39, 0.29) is 27.7 Å². The monoisotopic (exact) mass is 352 g/mol. The Hall–Kier alpha value is -3.75. The van der Waals surface area contributed by atoms with E-state index in [2.05, 4.69) is 10.1 Å². The molecule has 0 bridgehead atoms. The highest BCUT2D eigenvalue weighted by Gasteiger charge is 2.39. The number of aromatic amines is 1. The number of H-pyrrole nitrogens is 1. The van der Waals surface area contributed by atoms with Crippen LogP contribution in [0.3, 0.4) is 0 Å². The molecule has 1 aliphatic heterocycles. The van der Waals surface area contributed by atoms with E-state index in [1.807, 2.05) is 0 Å². The molecule has 2 amide bonds. The number of benzene rings is 1. The fraction of sp³-hybridized carbons (Fsp3) is 0.118. The minimum absolute atomic E-state index is 0.0275. The van der Waals surface area contributed by atoms with Crippen LogP contribution >= 0.6 is 0 Å². The Labute approximate surface area is 145 Å². The van der Waals surface area contributed by atoms with E-state index in [0.717, 1.165) is 0 Å². The summed E-state index contributed by atoms with van der Waals surface area (Å²) in [5.41, 5.74) is 0.443. The lowest BCUT2D eigenvalue weighted by Crippen LogP contribution is -2.33. The van der Waals surface area contributed by atoms with Gasteiger partial charge < -0.3 is 4.84 Å². The van der Waals surface area contributed by atoms with Crippen molar-refractivity contribution in [3.05, 3.63) is 63.1 Å². The van der Waals surface area contributed by atoms with E-state index >= 15 is 0 Å². The van der Waals surface area contributed by atoms with Crippen LogP contribution in [0.25, 0.3) is 11.0 Å². The van der Waals surface area contributed by atoms with E-state index in [1.165, 1.54) is 22.9 Å². The summed E-state index contributed by atoms with van der Waals surface area (Å²) in [6.45, 7) is 1.65. The second kappa shape index (κ2) is 5.38. The summed E-state index contributed by atoms with van der Waals surface area (Å²) in [6, 6.07) is 7.53. The number of carbonyl (C=O) groups is 3. The maximum atomic E-state index is 12.6. The van der Waals surface area contributed by atoms with Crippen LogP contribution in [0.15, 0.2) is 35.1 Å². The average Bonchev–Trinajstić information content (AvgIpc) is 3.03. The molecule has 1 N–H and O–H groups in total. The Morgan fingerprint density at radius 3 is 2.35 bits per heavy atom. The second-order valence-electron chi connectivity index (χ2n) is 5.84. The van der Waals surface area contributed by atoms with Crippen LogP contribution in [0.5, 0.6) is 0 Å². The van der Waals surface area contributed by atoms with E-state index in [4.69, 9.17) is 4.84 Å². The molecule has 9 heteroatoms. The standard InChI is InChI=1S/C17H12N4O5/c1-8-7-11(12-13(18-8)20(2)19-14(12)22)17(25)26-21-15(23)9-5-3-4-6-10(9)16(21)24/h3-7H,1-2H3,(H,19,22). The van der Waals surface area contributed by atoms with Crippen LogP contribution in [-0.4, -0.2) is 37.6 Å². The Morgan fingerprint density at radius 1 is 1.12 bits per heavy atom. The minimum atomic E-state index is -0.994. The maximum absolute atomic E-state index is 12.6. The Morgan fingerprint density at radius 2 is 1.73 bits per heavy atom. The maximum Gasteiger partial charge on any atom is 0.364 e. The summed E-state index contributed by atoms with van der Waals surface area (Å²) in [5, 5.41) is 2.94. The summed E-state index contributed by atoms with van der Waals surface area (Å²) in [5.74, 6) is -2.46. The van der Waals surface area contributed by atoms with Gasteiger partial charge in [-0.25, -0.2) is 9.78 Å². The summed E-state index contributed by atoms with van der Waals surface area (Å²) < 4.78 is 1.38. The van der Waals surface area contributed by atoms with Crippen LogP contribution in [0, 0.1) is 6.92 Å². The van der Waals surface area contributed by atoms with Gasteiger partial charge in [0.05, 0.1) is 22.1 Å². The normalized spacial score (nSPS) is 13.4. The van der Waals surface area contributed by atoms with Gasteiger partial charge in [-0.2, -0.15) is 0 Å². The number of carbonyl (C=O) groups excluding carboxylic acids is 3. The van der Waals surface area contributed by atoms with E-state index in [1.54, 1.807) is 26.1 Å². The summed E-state index contributed by atoms with van der Waals surface area (Å²) >= 11 is 0. The van der Waals surface area contributed by atoms with Gasteiger partial charge in [0, 0.05) is 12.7 Å². The highest BCUT2D eigenvalue weighted by atomic mass is 16.7. The van der Waals surface area contributed by atoms with E-state index in [9.17, 15) is 19.2 Å². The van der Waals surface area contributed by atoms with Crippen LogP contribution in [0.2, 0.25) is 0 Å². The van der Waals surface area contributed by atoms with Gasteiger partial charge in [0.1, 0.15) is 0 Å². The smallest absolute Gasteiger partial charge is 0.324 e. The molecule has 0 aliphatic carbocycles. The first-order valence-electron chi connectivity index (χ1n) is 7.65. The van der Waals surface area contributed by atoms with Gasteiger partial charge in [-0.15, -0.1) is 0 Å². The summed E-state index contributed by atoms with van der Waals surface area (Å²) in [7, 11) is 1.58. The third-order valence-corrected chi connectivity index (χ3v) is 4.09. The molecule has 3 aromatic rings. The summed E-state index contributed by atoms with van der Waals surface area (Å²) in [6.07, 6.45) is 0. The van der Waals surface area contributed by atoms with Crippen LogP contribution in [-0.2, 0) is 11.9 Å². The largest absolute Gasteiger partial charge is 0.364 e. The molecule has 0 saturated heterocycles. The SMILES string of the molecule is Cc1cc(C(=O)ON2C(=O)c3ccccc3C2=O)c2c(=O)[nH]n(C)c2n1. The fourth-order valence-electron chi connectivity index (χ4n) is 2.93. The number of hydroxylamine groups is 2. The Kier molecular flexibility index (Phi) is 3.26. The predicted octanol–water partition coefficient (Wildman–Crippen LogP) is 0.938. The van der Waals surface area contributed by atoms with Crippen molar-refractivity contribution in [1.82, 2.24) is 19.8 Å². The van der Waals surface area contributed by atoms with E-state index < -0.39 is 23.3 Å². The van der Waals surface area contributed by atoms with E-state index in [0.29, 0.717) is 10.8 Å². The quantitative estimate of drug-likeness (QED) is 0.687. The molecule has 4 rings (SSSR count). The number of pyridine rings is 1. The number of hydrogen-bond donors (Lipinski definition) is 1. The molecule has 0 radical (unpaired) electrons. The molecule has 3 heterocycles. The third kappa shape index (κ3) is 2.14. The van der Waals surface area contributed by atoms with Gasteiger partial charge in [0.2, 0.25) is 0 Å². The zero-order valence-corrected chi connectivity index (χ0v) is 13.8.